The molecular weight excluding hydrogens is 438 g/mol. The molecule has 162 valence electrons. The number of benzene rings is 2. The zero-order valence-corrected chi connectivity index (χ0v) is 19.3. The number of amides is 1. The summed E-state index contributed by atoms with van der Waals surface area (Å²) < 4.78 is 1.43. The lowest BCUT2D eigenvalue weighted by Gasteiger charge is -2.16. The molecule has 4 aromatic rings. The number of thioether (sulfide) groups is 1. The predicted molar refractivity (Wildman–Crippen MR) is 132 cm³/mol. The number of carbonyl (C=O) groups is 1. The van der Waals surface area contributed by atoms with Gasteiger partial charge < -0.3 is 5.32 Å². The average molecular weight is 462 g/mol. The van der Waals surface area contributed by atoms with E-state index in [2.05, 4.69) is 34.6 Å². The minimum atomic E-state index is -0.201. The first-order valence-electron chi connectivity index (χ1n) is 10.6. The highest BCUT2D eigenvalue weighted by atomic mass is 32.2. The fraction of sp³-hybridized carbons (Fsp3) is 0.240. The molecule has 3 heterocycles. The normalized spacial score (nSPS) is 14.2. The van der Waals surface area contributed by atoms with E-state index in [9.17, 15) is 9.59 Å². The molecule has 7 heteroatoms. The molecule has 0 aliphatic carbocycles. The second-order valence-electron chi connectivity index (χ2n) is 7.94. The molecule has 0 saturated heterocycles. The van der Waals surface area contributed by atoms with Crippen molar-refractivity contribution >= 4 is 39.2 Å². The monoisotopic (exact) mass is 461 g/mol. The van der Waals surface area contributed by atoms with Crippen LogP contribution in [-0.4, -0.2) is 21.2 Å². The van der Waals surface area contributed by atoms with Gasteiger partial charge in [-0.3, -0.25) is 14.2 Å². The Morgan fingerprint density at radius 3 is 2.66 bits per heavy atom. The van der Waals surface area contributed by atoms with Gasteiger partial charge in [-0.25, -0.2) is 4.98 Å². The molecule has 5 rings (SSSR count). The summed E-state index contributed by atoms with van der Waals surface area (Å²) in [6, 6.07) is 18.2. The van der Waals surface area contributed by atoms with Crippen LogP contribution in [0.2, 0.25) is 0 Å². The fourth-order valence-corrected chi connectivity index (χ4v) is 6.39. The number of aryl methyl sites for hydroxylation is 1. The van der Waals surface area contributed by atoms with Crippen molar-refractivity contribution in [3.05, 3.63) is 87.3 Å². The summed E-state index contributed by atoms with van der Waals surface area (Å²) in [5.41, 5.74) is 4.32. The molecule has 0 fully saturated rings. The molecule has 0 spiro atoms. The summed E-state index contributed by atoms with van der Waals surface area (Å²) in [5.74, 6) is 1.76. The van der Waals surface area contributed by atoms with Gasteiger partial charge in [0.1, 0.15) is 11.4 Å². The van der Waals surface area contributed by atoms with Crippen LogP contribution in [-0.2, 0) is 23.5 Å². The number of aromatic nitrogens is 2. The Morgan fingerprint density at radius 1 is 1.12 bits per heavy atom. The van der Waals surface area contributed by atoms with Gasteiger partial charge in [0.05, 0.1) is 17.8 Å². The minimum absolute atomic E-state index is 0.0341. The van der Waals surface area contributed by atoms with Crippen LogP contribution >= 0.6 is 23.1 Å². The second-order valence-corrected chi connectivity index (χ2v) is 10.1. The van der Waals surface area contributed by atoms with Crippen LogP contribution in [0.1, 0.15) is 29.0 Å². The van der Waals surface area contributed by atoms with Crippen molar-refractivity contribution in [2.24, 2.45) is 0 Å². The summed E-state index contributed by atoms with van der Waals surface area (Å²) >= 11 is 3.49. The van der Waals surface area contributed by atoms with E-state index < -0.39 is 0 Å². The summed E-state index contributed by atoms with van der Waals surface area (Å²) in [4.78, 5) is 32.3. The largest absolute Gasteiger partial charge is 0.348 e. The minimum Gasteiger partial charge on any atom is -0.348 e. The van der Waals surface area contributed by atoms with Crippen molar-refractivity contribution in [2.45, 2.75) is 31.7 Å². The van der Waals surface area contributed by atoms with E-state index in [1.807, 2.05) is 49.0 Å². The van der Waals surface area contributed by atoms with Crippen molar-refractivity contribution in [1.29, 1.82) is 0 Å². The lowest BCUT2D eigenvalue weighted by molar-refractivity contribution is -0.122. The molecule has 1 amide bonds. The Labute approximate surface area is 194 Å². The number of nitrogens with one attached hydrogen (secondary N) is 1. The third-order valence-electron chi connectivity index (χ3n) is 5.80. The van der Waals surface area contributed by atoms with Crippen LogP contribution in [0.15, 0.2) is 65.7 Å². The number of carbonyl (C=O) groups excluding carboxylic acids is 1. The maximum atomic E-state index is 13.1. The van der Waals surface area contributed by atoms with Crippen molar-refractivity contribution in [3.63, 3.8) is 0 Å². The van der Waals surface area contributed by atoms with Gasteiger partial charge in [-0.15, -0.1) is 11.3 Å². The van der Waals surface area contributed by atoms with Gasteiger partial charge in [0.25, 0.3) is 5.56 Å². The van der Waals surface area contributed by atoms with Crippen molar-refractivity contribution in [3.8, 4) is 11.1 Å². The molecule has 1 aliphatic heterocycles. The molecule has 32 heavy (non-hydrogen) atoms. The first-order chi connectivity index (χ1) is 15.6. The van der Waals surface area contributed by atoms with E-state index in [0.717, 1.165) is 45.0 Å². The van der Waals surface area contributed by atoms with E-state index in [1.165, 1.54) is 15.8 Å². The third-order valence-corrected chi connectivity index (χ3v) is 8.11. The quantitative estimate of drug-likeness (QED) is 0.464. The molecule has 0 radical (unpaired) electrons. The third kappa shape index (κ3) is 4.10. The van der Waals surface area contributed by atoms with E-state index in [1.54, 1.807) is 11.3 Å². The van der Waals surface area contributed by atoms with Crippen molar-refractivity contribution in [2.75, 3.05) is 5.75 Å². The Morgan fingerprint density at radius 2 is 1.88 bits per heavy atom. The number of hydrogen-bond donors (Lipinski definition) is 1. The molecular formula is C25H23N3O2S2. The van der Waals surface area contributed by atoms with E-state index in [4.69, 9.17) is 0 Å². The predicted octanol–water partition coefficient (Wildman–Crippen LogP) is 4.79. The Hall–Kier alpha value is -2.90. The Balaban J connectivity index is 1.30. The number of thiophene rings is 1. The zero-order chi connectivity index (χ0) is 22.1. The standard InChI is InChI=1S/C25H23N3O2S2/c1-16(17-7-9-19(10-8-17)18-5-3-2-4-6-18)27-22(29)13-28-15-26-24-23(25(28)30)20-11-12-31-14-21(20)32-24/h2-10,15-16H,11-14H2,1H3,(H,27,29). The lowest BCUT2D eigenvalue weighted by Crippen LogP contribution is -2.34. The summed E-state index contributed by atoms with van der Waals surface area (Å²) in [7, 11) is 0. The first-order valence-corrected chi connectivity index (χ1v) is 12.6. The summed E-state index contributed by atoms with van der Waals surface area (Å²) in [5, 5.41) is 3.71. The van der Waals surface area contributed by atoms with Crippen LogP contribution in [0.4, 0.5) is 0 Å². The molecule has 1 N–H and O–H groups in total. The lowest BCUT2D eigenvalue weighted by atomic mass is 10.0. The van der Waals surface area contributed by atoms with E-state index in [-0.39, 0.29) is 24.1 Å². The average Bonchev–Trinajstić information content (AvgIpc) is 3.21. The smallest absolute Gasteiger partial charge is 0.262 e. The second kappa shape index (κ2) is 8.92. The topological polar surface area (TPSA) is 64.0 Å². The van der Waals surface area contributed by atoms with Gasteiger partial charge in [-0.2, -0.15) is 11.8 Å². The number of nitrogens with zero attached hydrogens (tertiary/aromatic N) is 2. The van der Waals surface area contributed by atoms with Crippen LogP contribution in [0.25, 0.3) is 21.3 Å². The molecule has 2 aromatic heterocycles. The highest BCUT2D eigenvalue weighted by Crippen LogP contribution is 2.35. The SMILES string of the molecule is CC(NC(=O)Cn1cnc2sc3c(c2c1=O)CCSC3)c1ccc(-c2ccccc2)cc1. The molecule has 0 saturated carbocycles. The van der Waals surface area contributed by atoms with Crippen LogP contribution < -0.4 is 10.9 Å². The molecule has 5 nitrogen and oxygen atoms in total. The van der Waals surface area contributed by atoms with E-state index >= 15 is 0 Å². The molecule has 0 bridgehead atoms. The molecule has 1 unspecified atom stereocenters. The van der Waals surface area contributed by atoms with Gasteiger partial charge >= 0.3 is 0 Å². The molecule has 1 atom stereocenters. The summed E-state index contributed by atoms with van der Waals surface area (Å²) in [6.07, 6.45) is 2.39. The van der Waals surface area contributed by atoms with Gasteiger partial charge in [0.2, 0.25) is 5.91 Å². The number of rotatable bonds is 5. The van der Waals surface area contributed by atoms with Gasteiger partial charge in [-0.05, 0) is 41.4 Å². The van der Waals surface area contributed by atoms with E-state index in [0.29, 0.717) is 5.39 Å². The number of fused-ring (bicyclic) bond motifs is 3. The highest BCUT2D eigenvalue weighted by Gasteiger charge is 2.21. The highest BCUT2D eigenvalue weighted by molar-refractivity contribution is 7.98. The van der Waals surface area contributed by atoms with Crippen molar-refractivity contribution < 1.29 is 4.79 Å². The maximum Gasteiger partial charge on any atom is 0.262 e. The molecule has 2 aromatic carbocycles. The zero-order valence-electron chi connectivity index (χ0n) is 17.7. The van der Waals surface area contributed by atoms with Crippen LogP contribution in [0.3, 0.4) is 0 Å². The summed E-state index contributed by atoms with van der Waals surface area (Å²) in [6.45, 7) is 1.92. The maximum absolute atomic E-state index is 13.1. The molecule has 1 aliphatic rings. The number of hydrogen-bond acceptors (Lipinski definition) is 5. The van der Waals surface area contributed by atoms with Gasteiger partial charge in [0.15, 0.2) is 0 Å². The van der Waals surface area contributed by atoms with Gasteiger partial charge in [-0.1, -0.05) is 54.6 Å². The van der Waals surface area contributed by atoms with Gasteiger partial charge in [0, 0.05) is 10.6 Å². The fourth-order valence-electron chi connectivity index (χ4n) is 4.08. The Kier molecular flexibility index (Phi) is 5.85. The Bertz CT molecular complexity index is 1330. The first kappa shape index (κ1) is 21.0. The van der Waals surface area contributed by atoms with Crippen LogP contribution in [0, 0.1) is 0 Å². The van der Waals surface area contributed by atoms with Crippen molar-refractivity contribution in [1.82, 2.24) is 14.9 Å². The van der Waals surface area contributed by atoms with Crippen LogP contribution in [0.5, 0.6) is 0 Å².